The van der Waals surface area contributed by atoms with Gasteiger partial charge < -0.3 is 4.90 Å². The van der Waals surface area contributed by atoms with Crippen LogP contribution < -0.4 is 4.90 Å². The molecule has 0 bridgehead atoms. The number of hydrogen-bond acceptors (Lipinski definition) is 2. The van der Waals surface area contributed by atoms with Crippen LogP contribution in [0.25, 0.3) is 75.8 Å². The molecule has 0 N–H and O–H groups in total. The molecule has 0 saturated carbocycles. The Morgan fingerprint density at radius 3 is 1.44 bits per heavy atom. The van der Waals surface area contributed by atoms with E-state index in [1.54, 1.807) is 0 Å². The zero-order chi connectivity index (χ0) is 41.5. The predicted octanol–water partition coefficient (Wildman–Crippen LogP) is 16.9. The van der Waals surface area contributed by atoms with E-state index in [2.05, 4.69) is 241 Å². The molecule has 1 spiro atoms. The quantitative estimate of drug-likeness (QED) is 0.162. The van der Waals surface area contributed by atoms with Gasteiger partial charge in [0.05, 0.1) is 5.41 Å². The van der Waals surface area contributed by atoms with E-state index in [-0.39, 0.29) is 0 Å². The highest BCUT2D eigenvalue weighted by Gasteiger charge is 2.53. The van der Waals surface area contributed by atoms with Gasteiger partial charge in [0.25, 0.3) is 0 Å². The summed E-state index contributed by atoms with van der Waals surface area (Å²) in [4.78, 5) is 2.43. The second-order valence-corrected chi connectivity index (χ2v) is 17.8. The van der Waals surface area contributed by atoms with E-state index in [1.165, 1.54) is 98.1 Å². The van der Waals surface area contributed by atoms with E-state index in [1.807, 2.05) is 11.3 Å². The average Bonchev–Trinajstić information content (AvgIpc) is 3.98. The van der Waals surface area contributed by atoms with Crippen LogP contribution in [-0.4, -0.2) is 0 Å². The van der Waals surface area contributed by atoms with Crippen molar-refractivity contribution in [3.63, 3.8) is 0 Å². The number of rotatable bonds is 6. The van der Waals surface area contributed by atoms with Crippen LogP contribution in [0.5, 0.6) is 0 Å². The normalized spacial score (nSPS) is 12.9. The number of anilines is 3. The second-order valence-electron chi connectivity index (χ2n) is 16.7. The molecule has 1 heterocycles. The molecule has 1 nitrogen and oxygen atoms in total. The van der Waals surface area contributed by atoms with Gasteiger partial charge in [-0.3, -0.25) is 0 Å². The van der Waals surface area contributed by atoms with Crippen LogP contribution in [0.1, 0.15) is 22.3 Å². The summed E-state index contributed by atoms with van der Waals surface area (Å²) in [5, 5.41) is 2.66. The number of hydrogen-bond donors (Lipinski definition) is 0. The van der Waals surface area contributed by atoms with Crippen molar-refractivity contribution in [1.82, 2.24) is 0 Å². The first-order valence-corrected chi connectivity index (χ1v) is 22.6. The van der Waals surface area contributed by atoms with Gasteiger partial charge in [-0.1, -0.05) is 188 Å². The summed E-state index contributed by atoms with van der Waals surface area (Å²) in [6.45, 7) is 0. The van der Waals surface area contributed by atoms with Crippen molar-refractivity contribution in [2.45, 2.75) is 5.41 Å². The van der Waals surface area contributed by atoms with Gasteiger partial charge >= 0.3 is 0 Å². The minimum absolute atomic E-state index is 0.528. The van der Waals surface area contributed by atoms with Crippen LogP contribution in [0.4, 0.5) is 17.1 Å². The largest absolute Gasteiger partial charge is 0.310 e. The van der Waals surface area contributed by atoms with E-state index in [4.69, 9.17) is 0 Å². The highest BCUT2D eigenvalue weighted by molar-refractivity contribution is 7.26. The van der Waals surface area contributed by atoms with Crippen molar-refractivity contribution < 1.29 is 0 Å². The molecule has 0 radical (unpaired) electrons. The molecule has 0 amide bonds. The van der Waals surface area contributed by atoms with Crippen LogP contribution in [0.15, 0.2) is 237 Å². The standard InChI is InChI=1S/C61H39NS/c1-4-16-40(17-5-1)41-28-30-42(31-29-41)43-32-34-46(35-33-43)62(45-20-8-3-9-21-45)47-36-37-50-54(38-47)61(52-25-13-10-22-48(52)49-23-11-14-26-53(49)61)55-39-57-60(51-24-12-15-27-56(51)63-57)58(59(50)55)44-18-6-2-7-19-44/h1-39H. The SMILES string of the molecule is c1ccc(-c2ccc(-c3ccc(N(c4ccccc4)c4ccc5c(c4)C4(c6ccccc6-c6ccccc64)c4cc6sc7ccccc7c6c(-c6ccccc6)c4-5)cc3)cc2)cc1. The van der Waals surface area contributed by atoms with Crippen molar-refractivity contribution >= 4 is 48.6 Å². The van der Waals surface area contributed by atoms with Crippen molar-refractivity contribution in [2.24, 2.45) is 0 Å². The molecule has 0 fully saturated rings. The molecule has 2 aliphatic carbocycles. The first-order valence-electron chi connectivity index (χ1n) is 21.8. The van der Waals surface area contributed by atoms with Crippen LogP contribution in [0.2, 0.25) is 0 Å². The topological polar surface area (TPSA) is 3.24 Å². The Labute approximate surface area is 371 Å². The summed E-state index contributed by atoms with van der Waals surface area (Å²) in [6.07, 6.45) is 0. The molecule has 294 valence electrons. The lowest BCUT2D eigenvalue weighted by molar-refractivity contribution is 0.795. The fourth-order valence-electron chi connectivity index (χ4n) is 10.8. The number of thiophene rings is 1. The Morgan fingerprint density at radius 2 is 0.794 bits per heavy atom. The van der Waals surface area contributed by atoms with Crippen molar-refractivity contribution in [3.8, 4) is 55.6 Å². The number of benzene rings is 10. The molecule has 2 heteroatoms. The third-order valence-corrected chi connectivity index (χ3v) is 14.6. The molecule has 1 aromatic heterocycles. The van der Waals surface area contributed by atoms with Gasteiger partial charge in [-0.2, -0.15) is 0 Å². The van der Waals surface area contributed by atoms with Gasteiger partial charge in [-0.05, 0) is 126 Å². The molecular weight excluding hydrogens is 779 g/mol. The monoisotopic (exact) mass is 817 g/mol. The van der Waals surface area contributed by atoms with Crippen LogP contribution >= 0.6 is 11.3 Å². The summed E-state index contributed by atoms with van der Waals surface area (Å²) >= 11 is 1.91. The molecule has 10 aromatic carbocycles. The lowest BCUT2D eigenvalue weighted by Crippen LogP contribution is -2.26. The molecular formula is C61H39NS. The van der Waals surface area contributed by atoms with E-state index < -0.39 is 5.41 Å². The molecule has 13 rings (SSSR count). The molecule has 0 atom stereocenters. The molecule has 0 aliphatic heterocycles. The van der Waals surface area contributed by atoms with Crippen LogP contribution in [-0.2, 0) is 5.41 Å². The first kappa shape index (κ1) is 35.9. The minimum atomic E-state index is -0.528. The van der Waals surface area contributed by atoms with Gasteiger partial charge in [0.1, 0.15) is 0 Å². The fraction of sp³-hybridized carbons (Fsp3) is 0.0164. The maximum Gasteiger partial charge on any atom is 0.0727 e. The summed E-state index contributed by atoms with van der Waals surface area (Å²) in [7, 11) is 0. The van der Waals surface area contributed by atoms with Gasteiger partial charge in [0.2, 0.25) is 0 Å². The van der Waals surface area contributed by atoms with Crippen molar-refractivity contribution in [3.05, 3.63) is 259 Å². The van der Waals surface area contributed by atoms with E-state index in [9.17, 15) is 0 Å². The minimum Gasteiger partial charge on any atom is -0.310 e. The Balaban J connectivity index is 1.05. The first-order chi connectivity index (χ1) is 31.3. The van der Waals surface area contributed by atoms with Gasteiger partial charge in [-0.25, -0.2) is 0 Å². The predicted molar refractivity (Wildman–Crippen MR) is 267 cm³/mol. The number of fused-ring (bicyclic) bond motifs is 13. The van der Waals surface area contributed by atoms with Gasteiger partial charge in [0, 0.05) is 37.2 Å². The lowest BCUT2D eigenvalue weighted by atomic mass is 9.70. The summed E-state index contributed by atoms with van der Waals surface area (Å²) in [5.74, 6) is 0. The average molecular weight is 818 g/mol. The lowest BCUT2D eigenvalue weighted by Gasteiger charge is -2.32. The summed E-state index contributed by atoms with van der Waals surface area (Å²) in [5.41, 5.74) is 20.8. The Morgan fingerprint density at radius 1 is 0.302 bits per heavy atom. The third-order valence-electron chi connectivity index (χ3n) is 13.5. The van der Waals surface area contributed by atoms with E-state index in [0.717, 1.165) is 17.1 Å². The molecule has 63 heavy (non-hydrogen) atoms. The van der Waals surface area contributed by atoms with Crippen molar-refractivity contribution in [2.75, 3.05) is 4.90 Å². The Kier molecular flexibility index (Phi) is 8.06. The van der Waals surface area contributed by atoms with Crippen LogP contribution in [0.3, 0.4) is 0 Å². The zero-order valence-corrected chi connectivity index (χ0v) is 35.2. The van der Waals surface area contributed by atoms with E-state index >= 15 is 0 Å². The third kappa shape index (κ3) is 5.35. The van der Waals surface area contributed by atoms with Gasteiger partial charge in [-0.15, -0.1) is 11.3 Å². The van der Waals surface area contributed by atoms with Crippen molar-refractivity contribution in [1.29, 1.82) is 0 Å². The highest BCUT2D eigenvalue weighted by atomic mass is 32.1. The van der Waals surface area contributed by atoms with E-state index in [0.29, 0.717) is 0 Å². The smallest absolute Gasteiger partial charge is 0.0727 e. The molecule has 0 unspecified atom stereocenters. The Bertz CT molecular complexity index is 3490. The maximum atomic E-state index is 2.56. The fourth-order valence-corrected chi connectivity index (χ4v) is 12.0. The number of nitrogens with zero attached hydrogens (tertiary/aromatic N) is 1. The highest BCUT2D eigenvalue weighted by Crippen LogP contribution is 2.66. The van der Waals surface area contributed by atoms with Crippen LogP contribution in [0, 0.1) is 0 Å². The second kappa shape index (κ2) is 14.1. The molecule has 11 aromatic rings. The molecule has 0 saturated heterocycles. The zero-order valence-electron chi connectivity index (χ0n) is 34.4. The summed E-state index contributed by atoms with van der Waals surface area (Å²) < 4.78 is 2.64. The van der Waals surface area contributed by atoms with Gasteiger partial charge in [0.15, 0.2) is 0 Å². The molecule has 2 aliphatic rings. The Hall–Kier alpha value is -7.78. The number of para-hydroxylation sites is 1. The summed E-state index contributed by atoms with van der Waals surface area (Å²) in [6, 6.07) is 87.6. The maximum absolute atomic E-state index is 2.56.